The molecule has 0 atom stereocenters. The molecule has 0 aromatic carbocycles. The van der Waals surface area contributed by atoms with Crippen LogP contribution in [0.4, 0.5) is 4.39 Å². The van der Waals surface area contributed by atoms with E-state index >= 15 is 0 Å². The average Bonchev–Trinajstić information content (AvgIpc) is 2.39. The van der Waals surface area contributed by atoms with Gasteiger partial charge in [-0.3, -0.25) is 0 Å². The third-order valence-electron chi connectivity index (χ3n) is 3.04. The molecule has 100 valence electrons. The van der Waals surface area contributed by atoms with Crippen LogP contribution >= 0.6 is 0 Å². The Balaban J connectivity index is 2.20. The molecule has 5 nitrogen and oxygen atoms in total. The van der Waals surface area contributed by atoms with E-state index in [0.29, 0.717) is 25.9 Å². The molecule has 7 heteroatoms. The molecule has 1 aliphatic rings. The van der Waals surface area contributed by atoms with E-state index in [0.717, 1.165) is 6.07 Å². The van der Waals surface area contributed by atoms with Gasteiger partial charge in [0.2, 0.25) is 5.03 Å². The lowest BCUT2D eigenvalue weighted by molar-refractivity contribution is 0.0603. The average molecular weight is 274 g/mol. The lowest BCUT2D eigenvalue weighted by Crippen LogP contribution is -2.41. The van der Waals surface area contributed by atoms with Crippen molar-refractivity contribution in [3.8, 4) is 0 Å². The molecule has 0 amide bonds. The summed E-state index contributed by atoms with van der Waals surface area (Å²) < 4.78 is 44.3. The van der Waals surface area contributed by atoms with Crippen molar-refractivity contribution < 1.29 is 17.5 Å². The summed E-state index contributed by atoms with van der Waals surface area (Å²) in [5, 5.41) is -0.499. The zero-order valence-electron chi connectivity index (χ0n) is 10.0. The normalized spacial score (nSPS) is 19.0. The van der Waals surface area contributed by atoms with Crippen molar-refractivity contribution in [3.63, 3.8) is 0 Å². The summed E-state index contributed by atoms with van der Waals surface area (Å²) in [6.45, 7) is 0.660. The summed E-state index contributed by atoms with van der Waals surface area (Å²) in [5.74, 6) is -0.814. The Kier molecular flexibility index (Phi) is 3.94. The van der Waals surface area contributed by atoms with Crippen molar-refractivity contribution in [3.05, 3.63) is 24.1 Å². The fourth-order valence-electron chi connectivity index (χ4n) is 1.99. The Labute approximate surface area is 106 Å². The molecule has 0 unspecified atom stereocenters. The number of methoxy groups -OCH3 is 1. The zero-order valence-corrected chi connectivity index (χ0v) is 10.9. The standard InChI is InChI=1S/C11H15FN2O3S/c1-17-9-4-7-14(8-5-9)18(15,16)11-10(12)3-2-6-13-11/h2-3,6,9H,4-5,7-8H2,1H3. The topological polar surface area (TPSA) is 59.5 Å². The van der Waals surface area contributed by atoms with E-state index in [1.807, 2.05) is 0 Å². The number of ether oxygens (including phenoxy) is 1. The molecular weight excluding hydrogens is 259 g/mol. The van der Waals surface area contributed by atoms with Crippen LogP contribution in [0.3, 0.4) is 0 Å². The minimum Gasteiger partial charge on any atom is -0.381 e. The highest BCUT2D eigenvalue weighted by atomic mass is 32.2. The van der Waals surface area contributed by atoms with Gasteiger partial charge < -0.3 is 4.74 Å². The first kappa shape index (κ1) is 13.4. The van der Waals surface area contributed by atoms with E-state index in [4.69, 9.17) is 4.74 Å². The van der Waals surface area contributed by atoms with Crippen molar-refractivity contribution in [2.75, 3.05) is 20.2 Å². The summed E-state index contributed by atoms with van der Waals surface area (Å²) in [7, 11) is -2.23. The van der Waals surface area contributed by atoms with Gasteiger partial charge in [-0.2, -0.15) is 4.31 Å². The first-order valence-electron chi connectivity index (χ1n) is 5.69. The van der Waals surface area contributed by atoms with Crippen LogP contribution in [0, 0.1) is 5.82 Å². The van der Waals surface area contributed by atoms with Crippen molar-refractivity contribution in [1.82, 2.24) is 9.29 Å². The fraction of sp³-hybridized carbons (Fsp3) is 0.545. The van der Waals surface area contributed by atoms with Gasteiger partial charge in [-0.25, -0.2) is 17.8 Å². The van der Waals surface area contributed by atoms with Gasteiger partial charge in [0.15, 0.2) is 5.82 Å². The number of hydrogen-bond donors (Lipinski definition) is 0. The third kappa shape index (κ3) is 2.52. The number of sulfonamides is 1. The van der Waals surface area contributed by atoms with Gasteiger partial charge in [0.1, 0.15) is 0 Å². The maximum Gasteiger partial charge on any atom is 0.263 e. The molecule has 0 N–H and O–H groups in total. The van der Waals surface area contributed by atoms with Gasteiger partial charge in [0.05, 0.1) is 6.10 Å². The summed E-state index contributed by atoms with van der Waals surface area (Å²) in [4.78, 5) is 3.63. The second-order valence-electron chi connectivity index (χ2n) is 4.13. The molecule has 1 aliphatic heterocycles. The van der Waals surface area contributed by atoms with Gasteiger partial charge in [-0.05, 0) is 25.0 Å². The monoisotopic (exact) mass is 274 g/mol. The maximum absolute atomic E-state index is 13.5. The van der Waals surface area contributed by atoms with Crippen molar-refractivity contribution >= 4 is 10.0 Å². The highest BCUT2D eigenvalue weighted by Gasteiger charge is 2.32. The number of nitrogens with zero attached hydrogens (tertiary/aromatic N) is 2. The summed E-state index contributed by atoms with van der Waals surface area (Å²) >= 11 is 0. The molecule has 18 heavy (non-hydrogen) atoms. The minimum atomic E-state index is -3.83. The summed E-state index contributed by atoms with van der Waals surface area (Å²) in [5.41, 5.74) is 0. The maximum atomic E-state index is 13.5. The first-order valence-corrected chi connectivity index (χ1v) is 7.13. The molecule has 0 bridgehead atoms. The highest BCUT2D eigenvalue weighted by Crippen LogP contribution is 2.21. The third-order valence-corrected chi connectivity index (χ3v) is 4.88. The van der Waals surface area contributed by atoms with Gasteiger partial charge in [0, 0.05) is 26.4 Å². The van der Waals surface area contributed by atoms with Crippen LogP contribution in [0.25, 0.3) is 0 Å². The largest absolute Gasteiger partial charge is 0.381 e. The van der Waals surface area contributed by atoms with Crippen molar-refractivity contribution in [2.45, 2.75) is 24.0 Å². The predicted molar refractivity (Wildman–Crippen MR) is 63.0 cm³/mol. The number of halogens is 1. The summed E-state index contributed by atoms with van der Waals surface area (Å²) in [6, 6.07) is 2.47. The Hall–Kier alpha value is -1.05. The zero-order chi connectivity index (χ0) is 13.2. The summed E-state index contributed by atoms with van der Waals surface area (Å²) in [6.07, 6.45) is 2.58. The van der Waals surface area contributed by atoms with E-state index in [-0.39, 0.29) is 6.10 Å². The number of aromatic nitrogens is 1. The number of hydrogen-bond acceptors (Lipinski definition) is 4. The second-order valence-corrected chi connectivity index (χ2v) is 5.98. The van der Waals surface area contributed by atoms with Crippen molar-refractivity contribution in [2.24, 2.45) is 0 Å². The Morgan fingerprint density at radius 3 is 2.67 bits per heavy atom. The smallest absolute Gasteiger partial charge is 0.263 e. The molecule has 0 spiro atoms. The molecule has 1 saturated heterocycles. The number of piperidine rings is 1. The molecule has 0 aliphatic carbocycles. The molecular formula is C11H15FN2O3S. The van der Waals surface area contributed by atoms with Gasteiger partial charge >= 0.3 is 0 Å². The molecule has 2 rings (SSSR count). The predicted octanol–water partition coefficient (Wildman–Crippen LogP) is 1.02. The lowest BCUT2D eigenvalue weighted by Gasteiger charge is -2.30. The molecule has 1 aromatic heterocycles. The Bertz CT molecular complexity index is 513. The van der Waals surface area contributed by atoms with Gasteiger partial charge in [0.25, 0.3) is 10.0 Å². The van der Waals surface area contributed by atoms with E-state index < -0.39 is 20.9 Å². The van der Waals surface area contributed by atoms with Gasteiger partial charge in [-0.1, -0.05) is 0 Å². The van der Waals surface area contributed by atoms with Gasteiger partial charge in [-0.15, -0.1) is 0 Å². The quantitative estimate of drug-likeness (QED) is 0.825. The van der Waals surface area contributed by atoms with Crippen LogP contribution < -0.4 is 0 Å². The van der Waals surface area contributed by atoms with Crippen LogP contribution in [0.5, 0.6) is 0 Å². The molecule has 2 heterocycles. The van der Waals surface area contributed by atoms with E-state index in [1.54, 1.807) is 7.11 Å². The second kappa shape index (κ2) is 5.29. The Morgan fingerprint density at radius 2 is 2.11 bits per heavy atom. The van der Waals surface area contributed by atoms with Crippen LogP contribution in [0.2, 0.25) is 0 Å². The highest BCUT2D eigenvalue weighted by molar-refractivity contribution is 7.89. The van der Waals surface area contributed by atoms with E-state index in [9.17, 15) is 12.8 Å². The number of rotatable bonds is 3. The minimum absolute atomic E-state index is 0.0741. The van der Waals surface area contributed by atoms with Crippen LogP contribution in [0.1, 0.15) is 12.8 Å². The Morgan fingerprint density at radius 1 is 1.44 bits per heavy atom. The lowest BCUT2D eigenvalue weighted by atomic mass is 10.1. The molecule has 0 saturated carbocycles. The van der Waals surface area contributed by atoms with Crippen molar-refractivity contribution in [1.29, 1.82) is 0 Å². The SMILES string of the molecule is COC1CCN(S(=O)(=O)c2ncccc2F)CC1. The number of pyridine rings is 1. The van der Waals surface area contributed by atoms with E-state index in [1.165, 1.54) is 16.6 Å². The van der Waals surface area contributed by atoms with Crippen LogP contribution in [-0.2, 0) is 14.8 Å². The molecule has 1 fully saturated rings. The van der Waals surface area contributed by atoms with Crippen LogP contribution in [-0.4, -0.2) is 44.0 Å². The molecule has 0 radical (unpaired) electrons. The van der Waals surface area contributed by atoms with Crippen LogP contribution in [0.15, 0.2) is 23.4 Å². The molecule has 1 aromatic rings. The van der Waals surface area contributed by atoms with E-state index in [2.05, 4.69) is 4.98 Å². The fourth-order valence-corrected chi connectivity index (χ4v) is 3.44. The first-order chi connectivity index (χ1) is 8.55.